The number of aromatic nitrogens is 2. The van der Waals surface area contributed by atoms with Crippen molar-refractivity contribution in [2.45, 2.75) is 6.92 Å². The molecule has 2 rings (SSSR count). The second kappa shape index (κ2) is 4.65. The first kappa shape index (κ1) is 11.1. The molecule has 6 heteroatoms. The first-order chi connectivity index (χ1) is 8.19. The predicted molar refractivity (Wildman–Crippen MR) is 63.0 cm³/mol. The van der Waals surface area contributed by atoms with Gasteiger partial charge in [0, 0.05) is 13.1 Å². The summed E-state index contributed by atoms with van der Waals surface area (Å²) in [5.41, 5.74) is 0.317. The van der Waals surface area contributed by atoms with E-state index in [4.69, 9.17) is 4.52 Å². The van der Waals surface area contributed by atoms with E-state index in [9.17, 15) is 4.79 Å². The van der Waals surface area contributed by atoms with E-state index in [-0.39, 0.29) is 5.91 Å². The molecule has 0 spiro atoms. The maximum absolute atomic E-state index is 11.8. The predicted octanol–water partition coefficient (Wildman–Crippen LogP) is 1.67. The number of hydrogen-bond acceptors (Lipinski definition) is 5. The number of aryl methyl sites for hydroxylation is 1. The number of amides is 1. The van der Waals surface area contributed by atoms with E-state index in [0.29, 0.717) is 23.1 Å². The second-order valence-corrected chi connectivity index (χ2v) is 3.43. The molecular weight excluding hydrogens is 220 g/mol. The molecule has 0 atom stereocenters. The van der Waals surface area contributed by atoms with Gasteiger partial charge in [0.05, 0.1) is 0 Å². The Balaban J connectivity index is 2.14. The summed E-state index contributed by atoms with van der Waals surface area (Å²) >= 11 is 0. The van der Waals surface area contributed by atoms with Crippen molar-refractivity contribution in [3.05, 3.63) is 35.7 Å². The van der Waals surface area contributed by atoms with Crippen molar-refractivity contribution in [3.8, 4) is 0 Å². The van der Waals surface area contributed by atoms with Crippen LogP contribution in [0.25, 0.3) is 0 Å². The molecule has 2 heterocycles. The Morgan fingerprint density at radius 2 is 2.18 bits per heavy atom. The number of hydrogen-bond donors (Lipinski definition) is 2. The second-order valence-electron chi connectivity index (χ2n) is 3.43. The Bertz CT molecular complexity index is 536. The first-order valence-electron chi connectivity index (χ1n) is 5.08. The minimum Gasteiger partial charge on any atom is -0.373 e. The molecule has 2 aromatic heterocycles. The lowest BCUT2D eigenvalue weighted by Gasteiger charge is -2.03. The molecule has 88 valence electrons. The zero-order valence-corrected chi connectivity index (χ0v) is 9.52. The summed E-state index contributed by atoms with van der Waals surface area (Å²) in [6.45, 7) is 1.75. The first-order valence-corrected chi connectivity index (χ1v) is 5.08. The summed E-state index contributed by atoms with van der Waals surface area (Å²) in [5, 5.41) is 9.13. The molecule has 17 heavy (non-hydrogen) atoms. The van der Waals surface area contributed by atoms with Crippen LogP contribution in [0.4, 0.5) is 11.6 Å². The van der Waals surface area contributed by atoms with Gasteiger partial charge in [0.15, 0.2) is 5.82 Å². The fourth-order valence-electron chi connectivity index (χ4n) is 1.31. The quantitative estimate of drug-likeness (QED) is 0.841. The molecule has 0 aromatic carbocycles. The highest BCUT2D eigenvalue weighted by atomic mass is 16.5. The molecule has 0 aliphatic rings. The minimum atomic E-state index is -0.324. The van der Waals surface area contributed by atoms with E-state index < -0.39 is 0 Å². The molecular formula is C11H12N4O2. The molecule has 0 saturated heterocycles. The molecule has 6 nitrogen and oxygen atoms in total. The van der Waals surface area contributed by atoms with Gasteiger partial charge in [0.25, 0.3) is 5.91 Å². The molecule has 1 amide bonds. The van der Waals surface area contributed by atoms with Gasteiger partial charge < -0.3 is 15.2 Å². The molecule has 0 unspecified atom stereocenters. The normalized spacial score (nSPS) is 10.0. The van der Waals surface area contributed by atoms with Crippen molar-refractivity contribution in [3.63, 3.8) is 0 Å². The molecule has 0 aliphatic heterocycles. The third-order valence-electron chi connectivity index (χ3n) is 2.11. The fraction of sp³-hybridized carbons (Fsp3) is 0.182. The van der Waals surface area contributed by atoms with Crippen molar-refractivity contribution >= 4 is 17.5 Å². The summed E-state index contributed by atoms with van der Waals surface area (Å²) in [7, 11) is 1.74. The van der Waals surface area contributed by atoms with Crippen LogP contribution in [0.2, 0.25) is 0 Å². The zero-order valence-electron chi connectivity index (χ0n) is 9.52. The fourth-order valence-corrected chi connectivity index (χ4v) is 1.31. The summed E-state index contributed by atoms with van der Waals surface area (Å²) in [4.78, 5) is 15.9. The molecule has 0 bridgehead atoms. The number of pyridine rings is 1. The summed E-state index contributed by atoms with van der Waals surface area (Å²) in [6, 6.07) is 6.79. The van der Waals surface area contributed by atoms with Gasteiger partial charge in [0.2, 0.25) is 0 Å². The Labute approximate surface area is 98.0 Å². The van der Waals surface area contributed by atoms with Gasteiger partial charge in [-0.3, -0.25) is 4.79 Å². The highest BCUT2D eigenvalue weighted by molar-refractivity contribution is 6.02. The molecule has 0 radical (unpaired) electrons. The highest BCUT2D eigenvalue weighted by Gasteiger charge is 2.10. The topological polar surface area (TPSA) is 80.0 Å². The lowest BCUT2D eigenvalue weighted by Crippen LogP contribution is -2.14. The van der Waals surface area contributed by atoms with Crippen molar-refractivity contribution < 1.29 is 9.32 Å². The average molecular weight is 232 g/mol. The Kier molecular flexibility index (Phi) is 3.04. The van der Waals surface area contributed by atoms with Crippen molar-refractivity contribution in [2.75, 3.05) is 17.7 Å². The van der Waals surface area contributed by atoms with E-state index in [1.807, 2.05) is 0 Å². The van der Waals surface area contributed by atoms with E-state index >= 15 is 0 Å². The molecule has 0 fully saturated rings. The number of nitrogens with one attached hydrogen (secondary N) is 2. The third-order valence-corrected chi connectivity index (χ3v) is 2.11. The zero-order chi connectivity index (χ0) is 12.3. The Morgan fingerprint density at radius 1 is 1.35 bits per heavy atom. The molecule has 2 N–H and O–H groups in total. The van der Waals surface area contributed by atoms with Gasteiger partial charge in [-0.25, -0.2) is 4.98 Å². The van der Waals surface area contributed by atoms with Gasteiger partial charge in [-0.15, -0.1) is 0 Å². The summed E-state index contributed by atoms with van der Waals surface area (Å²) in [6.07, 6.45) is 0. The number of rotatable bonds is 3. The van der Waals surface area contributed by atoms with Crippen molar-refractivity contribution in [2.24, 2.45) is 0 Å². The van der Waals surface area contributed by atoms with Crippen molar-refractivity contribution in [1.29, 1.82) is 0 Å². The number of nitrogens with zero attached hydrogens (tertiary/aromatic N) is 2. The number of carbonyl (C=O) groups is 1. The van der Waals surface area contributed by atoms with Gasteiger partial charge in [-0.05, 0) is 19.1 Å². The van der Waals surface area contributed by atoms with Gasteiger partial charge >= 0.3 is 0 Å². The average Bonchev–Trinajstić information content (AvgIpc) is 2.75. The number of anilines is 2. The van der Waals surface area contributed by atoms with Crippen LogP contribution in [0.3, 0.4) is 0 Å². The standard InChI is InChI=1S/C11H12N4O2/c1-7-6-10(15-17-7)14-11(16)8-4-3-5-9(12-2)13-8/h3-6H,1-2H3,(H,12,13)(H,14,15,16). The van der Waals surface area contributed by atoms with Crippen LogP contribution in [-0.2, 0) is 0 Å². The van der Waals surface area contributed by atoms with Crippen LogP contribution in [0.1, 0.15) is 16.2 Å². The van der Waals surface area contributed by atoms with E-state index in [1.165, 1.54) is 0 Å². The molecule has 0 aliphatic carbocycles. The van der Waals surface area contributed by atoms with Gasteiger partial charge in [-0.2, -0.15) is 0 Å². The number of carbonyl (C=O) groups excluding carboxylic acids is 1. The van der Waals surface area contributed by atoms with Crippen LogP contribution in [0, 0.1) is 6.92 Å². The third kappa shape index (κ3) is 2.60. The Morgan fingerprint density at radius 3 is 2.82 bits per heavy atom. The summed E-state index contributed by atoms with van der Waals surface area (Å²) in [5.74, 6) is 1.32. The van der Waals surface area contributed by atoms with Gasteiger partial charge in [-0.1, -0.05) is 11.2 Å². The van der Waals surface area contributed by atoms with E-state index in [1.54, 1.807) is 38.2 Å². The van der Waals surface area contributed by atoms with Crippen molar-refractivity contribution in [1.82, 2.24) is 10.1 Å². The van der Waals surface area contributed by atoms with Crippen LogP contribution in [0.5, 0.6) is 0 Å². The molecule has 0 saturated carbocycles. The van der Waals surface area contributed by atoms with E-state index in [2.05, 4.69) is 20.8 Å². The van der Waals surface area contributed by atoms with E-state index in [0.717, 1.165) is 0 Å². The Hall–Kier alpha value is -2.37. The SMILES string of the molecule is CNc1cccc(C(=O)Nc2cc(C)on2)n1. The van der Waals surface area contributed by atoms with Crippen LogP contribution >= 0.6 is 0 Å². The highest BCUT2D eigenvalue weighted by Crippen LogP contribution is 2.10. The lowest BCUT2D eigenvalue weighted by atomic mass is 10.3. The molecule has 2 aromatic rings. The van der Waals surface area contributed by atoms with Crippen LogP contribution < -0.4 is 10.6 Å². The minimum absolute atomic E-state index is 0.317. The largest absolute Gasteiger partial charge is 0.373 e. The van der Waals surface area contributed by atoms with Crippen LogP contribution in [-0.4, -0.2) is 23.1 Å². The lowest BCUT2D eigenvalue weighted by molar-refractivity contribution is 0.102. The van der Waals surface area contributed by atoms with Crippen LogP contribution in [0.15, 0.2) is 28.8 Å². The smallest absolute Gasteiger partial charge is 0.275 e. The maximum Gasteiger partial charge on any atom is 0.275 e. The summed E-state index contributed by atoms with van der Waals surface area (Å²) < 4.78 is 4.85. The van der Waals surface area contributed by atoms with Gasteiger partial charge in [0.1, 0.15) is 17.3 Å². The monoisotopic (exact) mass is 232 g/mol. The maximum atomic E-state index is 11.8.